The molecule has 2 N–H and O–H groups in total. The van der Waals surface area contributed by atoms with E-state index in [4.69, 9.17) is 10.5 Å². The summed E-state index contributed by atoms with van der Waals surface area (Å²) >= 11 is 0. The van der Waals surface area contributed by atoms with Crippen LogP contribution in [0, 0.1) is 0 Å². The number of aromatic nitrogens is 1. The highest BCUT2D eigenvalue weighted by Gasteiger charge is 1.97. The molecule has 0 unspecified atom stereocenters. The van der Waals surface area contributed by atoms with Crippen LogP contribution in [-0.4, -0.2) is 4.98 Å². The molecule has 16 heavy (non-hydrogen) atoms. The molecule has 0 amide bonds. The molecule has 2 aromatic rings. The summed E-state index contributed by atoms with van der Waals surface area (Å²) in [7, 11) is 0. The number of nitrogens with two attached hydrogens (primary N) is 1. The lowest BCUT2D eigenvalue weighted by Crippen LogP contribution is -2.02. The quantitative estimate of drug-likeness (QED) is 0.848. The van der Waals surface area contributed by atoms with Crippen molar-refractivity contribution in [2.75, 3.05) is 0 Å². The standard InChI is InChI=1S/C13H14N2O/c14-9-12-8-11(6-7-15-12)10-16-13-4-2-1-3-5-13/h1-8H,9-10,14H2. The lowest BCUT2D eigenvalue weighted by atomic mass is 10.2. The Balaban J connectivity index is 1.99. The Kier molecular flexibility index (Phi) is 3.51. The molecule has 82 valence electrons. The fraction of sp³-hybridized carbons (Fsp3) is 0.154. The molecule has 0 atom stereocenters. The van der Waals surface area contributed by atoms with E-state index in [9.17, 15) is 0 Å². The van der Waals surface area contributed by atoms with Gasteiger partial charge in [-0.15, -0.1) is 0 Å². The lowest BCUT2D eigenvalue weighted by molar-refractivity contribution is 0.306. The van der Waals surface area contributed by atoms with Gasteiger partial charge in [0.1, 0.15) is 12.4 Å². The molecule has 1 aromatic heterocycles. The van der Waals surface area contributed by atoms with Gasteiger partial charge in [-0.05, 0) is 29.8 Å². The van der Waals surface area contributed by atoms with Gasteiger partial charge in [0, 0.05) is 12.7 Å². The van der Waals surface area contributed by atoms with E-state index in [0.717, 1.165) is 17.0 Å². The number of para-hydroxylation sites is 1. The summed E-state index contributed by atoms with van der Waals surface area (Å²) < 4.78 is 5.62. The molecular formula is C13H14N2O. The predicted octanol–water partition coefficient (Wildman–Crippen LogP) is 2.12. The smallest absolute Gasteiger partial charge is 0.119 e. The molecule has 2 rings (SSSR count). The molecule has 0 saturated heterocycles. The maximum absolute atomic E-state index is 5.62. The molecule has 0 spiro atoms. The van der Waals surface area contributed by atoms with Gasteiger partial charge in [-0.25, -0.2) is 0 Å². The molecule has 0 saturated carbocycles. The van der Waals surface area contributed by atoms with Crippen LogP contribution in [0.15, 0.2) is 48.7 Å². The number of nitrogens with zero attached hydrogens (tertiary/aromatic N) is 1. The first kappa shape index (κ1) is 10.6. The van der Waals surface area contributed by atoms with Crippen LogP contribution in [0.1, 0.15) is 11.3 Å². The number of hydrogen-bond donors (Lipinski definition) is 1. The van der Waals surface area contributed by atoms with Crippen molar-refractivity contribution in [3.63, 3.8) is 0 Å². The summed E-state index contributed by atoms with van der Waals surface area (Å²) in [5.41, 5.74) is 7.49. The second-order valence-electron chi connectivity index (χ2n) is 3.46. The van der Waals surface area contributed by atoms with Gasteiger partial charge in [0.15, 0.2) is 0 Å². The fourth-order valence-corrected chi connectivity index (χ4v) is 1.41. The van der Waals surface area contributed by atoms with Crippen LogP contribution in [0.4, 0.5) is 0 Å². The molecule has 1 heterocycles. The fourth-order valence-electron chi connectivity index (χ4n) is 1.41. The second kappa shape index (κ2) is 5.28. The van der Waals surface area contributed by atoms with Crippen LogP contribution in [-0.2, 0) is 13.2 Å². The topological polar surface area (TPSA) is 48.1 Å². The van der Waals surface area contributed by atoms with E-state index in [-0.39, 0.29) is 0 Å². The van der Waals surface area contributed by atoms with E-state index >= 15 is 0 Å². The maximum Gasteiger partial charge on any atom is 0.119 e. The van der Waals surface area contributed by atoms with Gasteiger partial charge in [0.25, 0.3) is 0 Å². The number of ether oxygens (including phenoxy) is 1. The first-order chi connectivity index (χ1) is 7.88. The molecule has 0 radical (unpaired) electrons. The van der Waals surface area contributed by atoms with E-state index in [1.807, 2.05) is 42.5 Å². The average Bonchev–Trinajstić information content (AvgIpc) is 2.38. The van der Waals surface area contributed by atoms with Crippen molar-refractivity contribution >= 4 is 0 Å². The van der Waals surface area contributed by atoms with Gasteiger partial charge < -0.3 is 10.5 Å². The minimum absolute atomic E-state index is 0.458. The zero-order valence-electron chi connectivity index (χ0n) is 8.97. The van der Waals surface area contributed by atoms with Crippen LogP contribution in [0.3, 0.4) is 0 Å². The van der Waals surface area contributed by atoms with Crippen molar-refractivity contribution in [1.82, 2.24) is 4.98 Å². The molecule has 3 nitrogen and oxygen atoms in total. The molecule has 0 aliphatic carbocycles. The molecule has 0 fully saturated rings. The molecule has 0 aliphatic rings. The van der Waals surface area contributed by atoms with Gasteiger partial charge in [-0.1, -0.05) is 18.2 Å². The summed E-state index contributed by atoms with van der Waals surface area (Å²) in [6, 6.07) is 13.6. The summed E-state index contributed by atoms with van der Waals surface area (Å²) in [6.07, 6.45) is 1.76. The zero-order valence-corrected chi connectivity index (χ0v) is 8.97. The number of pyridine rings is 1. The van der Waals surface area contributed by atoms with E-state index in [0.29, 0.717) is 13.2 Å². The molecule has 3 heteroatoms. The van der Waals surface area contributed by atoms with E-state index in [1.165, 1.54) is 0 Å². The van der Waals surface area contributed by atoms with Crippen molar-refractivity contribution < 1.29 is 4.74 Å². The first-order valence-corrected chi connectivity index (χ1v) is 5.20. The van der Waals surface area contributed by atoms with Crippen molar-refractivity contribution in [3.8, 4) is 5.75 Å². The Morgan fingerprint density at radius 1 is 1.12 bits per heavy atom. The van der Waals surface area contributed by atoms with Gasteiger partial charge in [0.2, 0.25) is 0 Å². The van der Waals surface area contributed by atoms with Crippen LogP contribution >= 0.6 is 0 Å². The Morgan fingerprint density at radius 2 is 1.94 bits per heavy atom. The Hall–Kier alpha value is -1.87. The van der Waals surface area contributed by atoms with Gasteiger partial charge in [-0.2, -0.15) is 0 Å². The number of benzene rings is 1. The number of rotatable bonds is 4. The van der Waals surface area contributed by atoms with Crippen LogP contribution < -0.4 is 10.5 Å². The van der Waals surface area contributed by atoms with Crippen LogP contribution in [0.25, 0.3) is 0 Å². The largest absolute Gasteiger partial charge is 0.489 e. The monoisotopic (exact) mass is 214 g/mol. The Labute approximate surface area is 94.9 Å². The Bertz CT molecular complexity index is 443. The third-order valence-electron chi connectivity index (χ3n) is 2.24. The molecular weight excluding hydrogens is 200 g/mol. The molecule has 0 aliphatic heterocycles. The highest BCUT2D eigenvalue weighted by molar-refractivity contribution is 5.22. The SMILES string of the molecule is NCc1cc(COc2ccccc2)ccn1. The van der Waals surface area contributed by atoms with E-state index in [1.54, 1.807) is 6.20 Å². The van der Waals surface area contributed by atoms with Crippen LogP contribution in [0.5, 0.6) is 5.75 Å². The summed E-state index contributed by atoms with van der Waals surface area (Å²) in [4.78, 5) is 4.13. The summed E-state index contributed by atoms with van der Waals surface area (Å²) in [6.45, 7) is 0.999. The third-order valence-corrected chi connectivity index (χ3v) is 2.24. The second-order valence-corrected chi connectivity index (χ2v) is 3.46. The van der Waals surface area contributed by atoms with Gasteiger partial charge >= 0.3 is 0 Å². The Morgan fingerprint density at radius 3 is 2.69 bits per heavy atom. The minimum Gasteiger partial charge on any atom is -0.489 e. The van der Waals surface area contributed by atoms with Gasteiger partial charge in [0.05, 0.1) is 5.69 Å². The maximum atomic E-state index is 5.62. The molecule has 1 aromatic carbocycles. The van der Waals surface area contributed by atoms with E-state index in [2.05, 4.69) is 4.98 Å². The van der Waals surface area contributed by atoms with E-state index < -0.39 is 0 Å². The average molecular weight is 214 g/mol. The predicted molar refractivity (Wildman–Crippen MR) is 62.9 cm³/mol. The normalized spacial score (nSPS) is 10.1. The minimum atomic E-state index is 0.458. The lowest BCUT2D eigenvalue weighted by Gasteiger charge is -2.06. The summed E-state index contributed by atoms with van der Waals surface area (Å²) in [5.74, 6) is 0.869. The van der Waals surface area contributed by atoms with Crippen molar-refractivity contribution in [2.45, 2.75) is 13.2 Å². The summed E-state index contributed by atoms with van der Waals surface area (Å²) in [5, 5.41) is 0. The highest BCUT2D eigenvalue weighted by atomic mass is 16.5. The van der Waals surface area contributed by atoms with Crippen molar-refractivity contribution in [1.29, 1.82) is 0 Å². The zero-order chi connectivity index (χ0) is 11.2. The first-order valence-electron chi connectivity index (χ1n) is 5.20. The van der Waals surface area contributed by atoms with Crippen LogP contribution in [0.2, 0.25) is 0 Å². The highest BCUT2D eigenvalue weighted by Crippen LogP contribution is 2.11. The third kappa shape index (κ3) is 2.81. The van der Waals surface area contributed by atoms with Crippen molar-refractivity contribution in [3.05, 3.63) is 59.9 Å². The van der Waals surface area contributed by atoms with Crippen molar-refractivity contribution in [2.24, 2.45) is 5.73 Å². The number of hydrogen-bond acceptors (Lipinski definition) is 3. The molecule has 0 bridgehead atoms. The van der Waals surface area contributed by atoms with Gasteiger partial charge in [-0.3, -0.25) is 4.98 Å².